The highest BCUT2D eigenvalue weighted by atomic mass is 35.5. The molecular formula is C23H19ClN2O3. The lowest BCUT2D eigenvalue weighted by atomic mass is 9.96. The second-order valence-electron chi connectivity index (χ2n) is 7.10. The van der Waals surface area contributed by atoms with Gasteiger partial charge in [0, 0.05) is 23.6 Å². The van der Waals surface area contributed by atoms with Gasteiger partial charge in [-0.1, -0.05) is 41.9 Å². The van der Waals surface area contributed by atoms with E-state index in [9.17, 15) is 14.7 Å². The molecule has 0 aliphatic heterocycles. The molecule has 2 aromatic carbocycles. The van der Waals surface area contributed by atoms with E-state index in [0.717, 1.165) is 22.3 Å². The first-order chi connectivity index (χ1) is 13.9. The second kappa shape index (κ2) is 7.26. The van der Waals surface area contributed by atoms with Gasteiger partial charge in [-0.25, -0.2) is 0 Å². The van der Waals surface area contributed by atoms with Crippen LogP contribution in [0.3, 0.4) is 0 Å². The van der Waals surface area contributed by atoms with Crippen LogP contribution in [0, 0.1) is 13.8 Å². The summed E-state index contributed by atoms with van der Waals surface area (Å²) in [4.78, 5) is 25.9. The summed E-state index contributed by atoms with van der Waals surface area (Å²) >= 11 is 6.02. The summed E-state index contributed by atoms with van der Waals surface area (Å²) in [6.07, 6.45) is 4.91. The Kier molecular flexibility index (Phi) is 4.76. The standard InChI is InChI=1S/C23H19ClN2O3/c1-14-5-3-6-15(2)19(14)18-13-25-9-10-26(12-16-7-4-8-17(24)11-16)23(29)20(25)22(28)21(18)27/h3-11,13,28H,12H2,1-2H3. The van der Waals surface area contributed by atoms with Crippen molar-refractivity contribution in [2.45, 2.75) is 20.4 Å². The molecule has 0 spiro atoms. The summed E-state index contributed by atoms with van der Waals surface area (Å²) in [6, 6.07) is 12.9. The lowest BCUT2D eigenvalue weighted by Gasteiger charge is -2.13. The highest BCUT2D eigenvalue weighted by Gasteiger charge is 2.18. The lowest BCUT2D eigenvalue weighted by molar-refractivity contribution is 0.472. The number of pyridine rings is 1. The maximum Gasteiger partial charge on any atom is 0.279 e. The smallest absolute Gasteiger partial charge is 0.279 e. The van der Waals surface area contributed by atoms with Gasteiger partial charge in [0.2, 0.25) is 5.43 Å². The van der Waals surface area contributed by atoms with Crippen molar-refractivity contribution >= 4 is 17.1 Å². The minimum atomic E-state index is -0.556. The van der Waals surface area contributed by atoms with Gasteiger partial charge in [0.1, 0.15) is 0 Å². The molecule has 5 nitrogen and oxygen atoms in total. The Labute approximate surface area is 172 Å². The summed E-state index contributed by atoms with van der Waals surface area (Å²) < 4.78 is 2.95. The minimum Gasteiger partial charge on any atom is -0.503 e. The number of rotatable bonds is 3. The Morgan fingerprint density at radius 1 is 1.00 bits per heavy atom. The molecule has 6 heteroatoms. The Morgan fingerprint density at radius 2 is 1.69 bits per heavy atom. The van der Waals surface area contributed by atoms with Crippen LogP contribution in [0.25, 0.3) is 16.6 Å². The van der Waals surface area contributed by atoms with Gasteiger partial charge >= 0.3 is 0 Å². The van der Waals surface area contributed by atoms with Crippen LogP contribution in [0.4, 0.5) is 0 Å². The van der Waals surface area contributed by atoms with Crippen molar-refractivity contribution in [3.63, 3.8) is 0 Å². The van der Waals surface area contributed by atoms with Gasteiger partial charge in [0.15, 0.2) is 11.3 Å². The third-order valence-corrected chi connectivity index (χ3v) is 5.31. The molecule has 0 aliphatic rings. The average molecular weight is 407 g/mol. The van der Waals surface area contributed by atoms with E-state index in [1.807, 2.05) is 44.2 Å². The quantitative estimate of drug-likeness (QED) is 0.555. The van der Waals surface area contributed by atoms with Gasteiger partial charge in [-0.3, -0.25) is 9.59 Å². The molecule has 29 heavy (non-hydrogen) atoms. The topological polar surface area (TPSA) is 63.7 Å². The molecule has 0 aliphatic carbocycles. The fourth-order valence-corrected chi connectivity index (χ4v) is 3.89. The number of benzene rings is 2. The summed E-state index contributed by atoms with van der Waals surface area (Å²) in [5.74, 6) is -0.546. The monoisotopic (exact) mass is 406 g/mol. The number of fused-ring (bicyclic) bond motifs is 1. The Balaban J connectivity index is 1.91. The zero-order valence-corrected chi connectivity index (χ0v) is 16.8. The number of hydrogen-bond acceptors (Lipinski definition) is 3. The fraction of sp³-hybridized carbons (Fsp3) is 0.130. The zero-order chi connectivity index (χ0) is 20.7. The molecule has 0 bridgehead atoms. The van der Waals surface area contributed by atoms with Gasteiger partial charge < -0.3 is 14.1 Å². The Hall–Kier alpha value is -3.31. The SMILES string of the molecule is Cc1cccc(C)c1-c1cn2ccn(Cc3cccc(Cl)c3)c(=O)c2c(O)c1=O. The molecule has 146 valence electrons. The van der Waals surface area contributed by atoms with Crippen LogP contribution in [0.1, 0.15) is 16.7 Å². The third kappa shape index (κ3) is 3.34. The van der Waals surface area contributed by atoms with Gasteiger partial charge in [-0.2, -0.15) is 0 Å². The summed E-state index contributed by atoms with van der Waals surface area (Å²) in [5, 5.41) is 11.2. The predicted molar refractivity (Wildman–Crippen MR) is 115 cm³/mol. The Bertz CT molecular complexity index is 1350. The van der Waals surface area contributed by atoms with Crippen LogP contribution in [-0.4, -0.2) is 14.1 Å². The average Bonchev–Trinajstić information content (AvgIpc) is 2.67. The van der Waals surface area contributed by atoms with E-state index in [1.54, 1.807) is 30.7 Å². The van der Waals surface area contributed by atoms with Gasteiger partial charge in [0.25, 0.3) is 5.56 Å². The molecule has 0 atom stereocenters. The molecule has 0 fully saturated rings. The fourth-order valence-electron chi connectivity index (χ4n) is 3.68. The number of aryl methyl sites for hydroxylation is 2. The molecule has 2 heterocycles. The first-order valence-corrected chi connectivity index (χ1v) is 9.53. The maximum atomic E-state index is 13.0. The van der Waals surface area contributed by atoms with E-state index in [0.29, 0.717) is 10.6 Å². The van der Waals surface area contributed by atoms with Crippen molar-refractivity contribution in [3.8, 4) is 16.9 Å². The highest BCUT2D eigenvalue weighted by Crippen LogP contribution is 2.26. The Morgan fingerprint density at radius 3 is 2.38 bits per heavy atom. The molecule has 0 amide bonds. The van der Waals surface area contributed by atoms with E-state index in [-0.39, 0.29) is 12.1 Å². The molecule has 4 aromatic rings. The number of halogens is 1. The van der Waals surface area contributed by atoms with E-state index < -0.39 is 16.7 Å². The number of aromatic nitrogens is 2. The van der Waals surface area contributed by atoms with E-state index in [1.165, 1.54) is 8.97 Å². The highest BCUT2D eigenvalue weighted by molar-refractivity contribution is 6.30. The van der Waals surface area contributed by atoms with Crippen LogP contribution < -0.4 is 11.0 Å². The molecular weight excluding hydrogens is 388 g/mol. The maximum absolute atomic E-state index is 13.0. The van der Waals surface area contributed by atoms with Crippen LogP contribution in [-0.2, 0) is 6.54 Å². The van der Waals surface area contributed by atoms with Gasteiger partial charge in [-0.15, -0.1) is 0 Å². The first-order valence-electron chi connectivity index (χ1n) is 9.15. The zero-order valence-electron chi connectivity index (χ0n) is 16.0. The van der Waals surface area contributed by atoms with Crippen molar-refractivity contribution < 1.29 is 5.11 Å². The minimum absolute atomic E-state index is 0.0467. The molecule has 0 unspecified atom stereocenters. The van der Waals surface area contributed by atoms with Crippen molar-refractivity contribution in [1.29, 1.82) is 0 Å². The number of aromatic hydroxyl groups is 1. The van der Waals surface area contributed by atoms with Crippen molar-refractivity contribution in [3.05, 3.63) is 103 Å². The molecule has 0 saturated carbocycles. The normalized spacial score (nSPS) is 11.1. The summed E-state index contributed by atoms with van der Waals surface area (Å²) in [7, 11) is 0. The van der Waals surface area contributed by atoms with E-state index >= 15 is 0 Å². The number of nitrogens with zero attached hydrogens (tertiary/aromatic N) is 2. The van der Waals surface area contributed by atoms with Crippen LogP contribution in [0.2, 0.25) is 5.02 Å². The number of hydrogen-bond donors (Lipinski definition) is 1. The van der Waals surface area contributed by atoms with Crippen LogP contribution in [0.5, 0.6) is 5.75 Å². The van der Waals surface area contributed by atoms with E-state index in [2.05, 4.69) is 0 Å². The van der Waals surface area contributed by atoms with Gasteiger partial charge in [-0.05, 0) is 48.2 Å². The van der Waals surface area contributed by atoms with Crippen LogP contribution in [0.15, 0.2) is 70.6 Å². The van der Waals surface area contributed by atoms with Crippen molar-refractivity contribution in [2.24, 2.45) is 0 Å². The first kappa shape index (κ1) is 19.0. The third-order valence-electron chi connectivity index (χ3n) is 5.07. The van der Waals surface area contributed by atoms with Crippen LogP contribution >= 0.6 is 11.6 Å². The van der Waals surface area contributed by atoms with Crippen molar-refractivity contribution in [1.82, 2.24) is 8.97 Å². The molecule has 1 N–H and O–H groups in total. The van der Waals surface area contributed by atoms with Crippen molar-refractivity contribution in [2.75, 3.05) is 0 Å². The molecule has 2 aromatic heterocycles. The molecule has 0 saturated heterocycles. The summed E-state index contributed by atoms with van der Waals surface area (Å²) in [5.41, 5.74) is 2.78. The van der Waals surface area contributed by atoms with Gasteiger partial charge in [0.05, 0.1) is 12.1 Å². The summed E-state index contributed by atoms with van der Waals surface area (Å²) in [6.45, 7) is 4.11. The predicted octanol–water partition coefficient (Wildman–Crippen LogP) is 4.15. The second-order valence-corrected chi connectivity index (χ2v) is 7.54. The lowest BCUT2D eigenvalue weighted by Crippen LogP contribution is -2.24. The largest absolute Gasteiger partial charge is 0.503 e. The molecule has 0 radical (unpaired) electrons. The molecule has 4 rings (SSSR count). The van der Waals surface area contributed by atoms with E-state index in [4.69, 9.17) is 11.6 Å².